The van der Waals surface area contributed by atoms with Gasteiger partial charge < -0.3 is 9.84 Å². The van der Waals surface area contributed by atoms with Crippen molar-refractivity contribution in [3.63, 3.8) is 0 Å². The highest BCUT2D eigenvalue weighted by Gasteiger charge is 2.02. The van der Waals surface area contributed by atoms with Crippen LogP contribution in [0.1, 0.15) is 32.8 Å². The molecule has 0 aliphatic heterocycles. The average molecular weight is 220 g/mol. The van der Waals surface area contributed by atoms with E-state index in [1.54, 1.807) is 0 Å². The Hall–Kier alpha value is -1.28. The third kappa shape index (κ3) is 3.70. The van der Waals surface area contributed by atoms with Crippen molar-refractivity contribution in [1.82, 2.24) is 0 Å². The zero-order valence-corrected chi connectivity index (χ0v) is 10.2. The molecule has 0 fully saturated rings. The maximum Gasteiger partial charge on any atom is 0.119 e. The molecular weight excluding hydrogens is 200 g/mol. The van der Waals surface area contributed by atoms with Crippen molar-refractivity contribution in [2.75, 3.05) is 6.61 Å². The zero-order chi connectivity index (χ0) is 12.0. The predicted molar refractivity (Wildman–Crippen MR) is 67.6 cm³/mol. The molecule has 1 aromatic rings. The lowest BCUT2D eigenvalue weighted by molar-refractivity contribution is 0.208. The highest BCUT2D eigenvalue weighted by molar-refractivity contribution is 5.54. The summed E-state index contributed by atoms with van der Waals surface area (Å²) in [5.74, 6) is 0.883. The van der Waals surface area contributed by atoms with E-state index in [0.717, 1.165) is 23.3 Å². The molecule has 0 aromatic heterocycles. The first-order valence-electron chi connectivity index (χ1n) is 5.76. The molecule has 1 aromatic carbocycles. The van der Waals surface area contributed by atoms with E-state index in [4.69, 9.17) is 4.74 Å². The second kappa shape index (κ2) is 6.33. The van der Waals surface area contributed by atoms with E-state index in [1.165, 1.54) is 0 Å². The molecule has 1 rings (SSSR count). The van der Waals surface area contributed by atoms with Crippen molar-refractivity contribution < 1.29 is 9.84 Å². The lowest BCUT2D eigenvalue weighted by Crippen LogP contribution is -2.05. The number of benzene rings is 1. The van der Waals surface area contributed by atoms with Gasteiger partial charge >= 0.3 is 0 Å². The highest BCUT2D eigenvalue weighted by atomic mass is 16.5. The second-order valence-electron chi connectivity index (χ2n) is 3.81. The smallest absolute Gasteiger partial charge is 0.119 e. The molecule has 0 heterocycles. The van der Waals surface area contributed by atoms with Gasteiger partial charge in [-0.2, -0.15) is 0 Å². The topological polar surface area (TPSA) is 29.5 Å². The standard InChI is InChI=1S/C14H20O2/c1-4-14(15)11(3)10-12-6-8-13(9-7-12)16-5-2/h6-10,14-15H,4-5H2,1-3H3/b11-10-. The summed E-state index contributed by atoms with van der Waals surface area (Å²) in [4.78, 5) is 0. The predicted octanol–water partition coefficient (Wildman–Crippen LogP) is 3.26. The van der Waals surface area contributed by atoms with Gasteiger partial charge in [-0.15, -0.1) is 0 Å². The molecule has 1 N–H and O–H groups in total. The summed E-state index contributed by atoms with van der Waals surface area (Å²) in [5, 5.41) is 9.63. The van der Waals surface area contributed by atoms with Gasteiger partial charge in [0.1, 0.15) is 5.75 Å². The average Bonchev–Trinajstić information content (AvgIpc) is 2.31. The molecule has 2 heteroatoms. The van der Waals surface area contributed by atoms with Crippen molar-refractivity contribution in [1.29, 1.82) is 0 Å². The minimum Gasteiger partial charge on any atom is -0.494 e. The van der Waals surface area contributed by atoms with Crippen molar-refractivity contribution in [2.24, 2.45) is 0 Å². The Morgan fingerprint density at radius 1 is 1.31 bits per heavy atom. The van der Waals surface area contributed by atoms with Gasteiger partial charge in [-0.05, 0) is 43.5 Å². The molecule has 16 heavy (non-hydrogen) atoms. The van der Waals surface area contributed by atoms with Gasteiger partial charge in [0.05, 0.1) is 12.7 Å². The lowest BCUT2D eigenvalue weighted by Gasteiger charge is -2.08. The van der Waals surface area contributed by atoms with Crippen molar-refractivity contribution in [3.8, 4) is 5.75 Å². The molecule has 0 amide bonds. The minimum absolute atomic E-state index is 0.341. The first kappa shape index (κ1) is 12.8. The van der Waals surface area contributed by atoms with Crippen LogP contribution in [-0.2, 0) is 0 Å². The number of aliphatic hydroxyl groups excluding tert-OH is 1. The van der Waals surface area contributed by atoms with Crippen LogP contribution in [0.25, 0.3) is 6.08 Å². The van der Waals surface area contributed by atoms with Crippen molar-refractivity contribution >= 4 is 6.08 Å². The van der Waals surface area contributed by atoms with E-state index in [9.17, 15) is 5.11 Å². The van der Waals surface area contributed by atoms with E-state index in [1.807, 2.05) is 51.1 Å². The van der Waals surface area contributed by atoms with Gasteiger partial charge in [-0.1, -0.05) is 25.1 Å². The monoisotopic (exact) mass is 220 g/mol. The van der Waals surface area contributed by atoms with Gasteiger partial charge in [0.25, 0.3) is 0 Å². The Labute approximate surface area is 97.6 Å². The van der Waals surface area contributed by atoms with Crippen molar-refractivity contribution in [3.05, 3.63) is 35.4 Å². The molecule has 0 bridgehead atoms. The van der Waals surface area contributed by atoms with E-state index >= 15 is 0 Å². The summed E-state index contributed by atoms with van der Waals surface area (Å²) in [6, 6.07) is 7.88. The Bertz CT molecular complexity index is 338. The van der Waals surface area contributed by atoms with E-state index in [2.05, 4.69) is 0 Å². The van der Waals surface area contributed by atoms with Gasteiger partial charge in [-0.3, -0.25) is 0 Å². The molecule has 1 unspecified atom stereocenters. The van der Waals surface area contributed by atoms with Gasteiger partial charge in [0.2, 0.25) is 0 Å². The van der Waals surface area contributed by atoms with Crippen LogP contribution >= 0.6 is 0 Å². The quantitative estimate of drug-likeness (QED) is 0.825. The first-order valence-corrected chi connectivity index (χ1v) is 5.76. The molecule has 0 saturated heterocycles. The summed E-state index contributed by atoms with van der Waals surface area (Å²) in [6.45, 7) is 6.57. The van der Waals surface area contributed by atoms with Crippen LogP contribution in [0.2, 0.25) is 0 Å². The van der Waals surface area contributed by atoms with Crippen LogP contribution in [0.3, 0.4) is 0 Å². The molecule has 0 radical (unpaired) electrons. The molecule has 0 spiro atoms. The summed E-state index contributed by atoms with van der Waals surface area (Å²) >= 11 is 0. The second-order valence-corrected chi connectivity index (χ2v) is 3.81. The van der Waals surface area contributed by atoms with Crippen LogP contribution in [0, 0.1) is 0 Å². The minimum atomic E-state index is -0.341. The fourth-order valence-electron chi connectivity index (χ4n) is 1.51. The van der Waals surface area contributed by atoms with Gasteiger partial charge in [0, 0.05) is 0 Å². The number of rotatable bonds is 5. The number of aliphatic hydroxyl groups is 1. The van der Waals surface area contributed by atoms with Gasteiger partial charge in [-0.25, -0.2) is 0 Å². The first-order chi connectivity index (χ1) is 7.67. The Morgan fingerprint density at radius 3 is 2.44 bits per heavy atom. The van der Waals surface area contributed by atoms with E-state index in [0.29, 0.717) is 6.61 Å². The van der Waals surface area contributed by atoms with Gasteiger partial charge in [0.15, 0.2) is 0 Å². The number of ether oxygens (including phenoxy) is 1. The molecule has 0 aliphatic rings. The Morgan fingerprint density at radius 2 is 1.94 bits per heavy atom. The number of hydrogen-bond donors (Lipinski definition) is 1. The Balaban J connectivity index is 2.74. The fraction of sp³-hybridized carbons (Fsp3) is 0.429. The lowest BCUT2D eigenvalue weighted by atomic mass is 10.1. The van der Waals surface area contributed by atoms with Crippen LogP contribution < -0.4 is 4.74 Å². The van der Waals surface area contributed by atoms with Crippen LogP contribution in [0.5, 0.6) is 5.75 Å². The largest absolute Gasteiger partial charge is 0.494 e. The molecule has 0 aliphatic carbocycles. The molecular formula is C14H20O2. The summed E-state index contributed by atoms with van der Waals surface area (Å²) < 4.78 is 5.36. The summed E-state index contributed by atoms with van der Waals surface area (Å²) in [7, 11) is 0. The third-order valence-corrected chi connectivity index (χ3v) is 2.50. The highest BCUT2D eigenvalue weighted by Crippen LogP contribution is 2.16. The summed E-state index contributed by atoms with van der Waals surface area (Å²) in [5.41, 5.74) is 2.08. The fourth-order valence-corrected chi connectivity index (χ4v) is 1.51. The van der Waals surface area contributed by atoms with E-state index < -0.39 is 0 Å². The maximum absolute atomic E-state index is 9.63. The van der Waals surface area contributed by atoms with Crippen LogP contribution in [-0.4, -0.2) is 17.8 Å². The molecule has 88 valence electrons. The number of hydrogen-bond acceptors (Lipinski definition) is 2. The molecule has 0 saturated carbocycles. The molecule has 1 atom stereocenters. The summed E-state index contributed by atoms with van der Waals surface area (Å²) in [6.07, 6.45) is 2.41. The SMILES string of the molecule is CCOc1ccc(/C=C(/C)C(O)CC)cc1. The zero-order valence-electron chi connectivity index (χ0n) is 10.2. The van der Waals surface area contributed by atoms with Crippen LogP contribution in [0.4, 0.5) is 0 Å². The van der Waals surface area contributed by atoms with Crippen molar-refractivity contribution in [2.45, 2.75) is 33.3 Å². The van der Waals surface area contributed by atoms with Crippen LogP contribution in [0.15, 0.2) is 29.8 Å². The maximum atomic E-state index is 9.63. The third-order valence-electron chi connectivity index (χ3n) is 2.50. The normalized spacial score (nSPS) is 13.6. The van der Waals surface area contributed by atoms with E-state index in [-0.39, 0.29) is 6.10 Å². The molecule has 2 nitrogen and oxygen atoms in total. The Kier molecular flexibility index (Phi) is 5.06.